The first kappa shape index (κ1) is 16.4. The van der Waals surface area contributed by atoms with Crippen molar-refractivity contribution >= 4 is 18.1 Å². The molecule has 2 aromatic rings. The summed E-state index contributed by atoms with van der Waals surface area (Å²) in [5, 5.41) is 14.9. The smallest absolute Gasteiger partial charge is 0.0532 e. The lowest BCUT2D eigenvalue weighted by atomic mass is 9.98. The van der Waals surface area contributed by atoms with E-state index in [1.54, 1.807) is 0 Å². The van der Waals surface area contributed by atoms with Crippen LogP contribution >= 0.6 is 0 Å². The van der Waals surface area contributed by atoms with Crippen LogP contribution in [-0.4, -0.2) is 19.0 Å². The summed E-state index contributed by atoms with van der Waals surface area (Å²) in [6.45, 7) is 6.41. The molecule has 0 aliphatic carbocycles. The van der Waals surface area contributed by atoms with E-state index in [0.29, 0.717) is 5.92 Å². The average Bonchev–Trinajstić information content (AvgIpc) is 2.99. The van der Waals surface area contributed by atoms with Crippen LogP contribution in [0.2, 0.25) is 0 Å². The first-order valence-electron chi connectivity index (χ1n) is 8.60. The van der Waals surface area contributed by atoms with Crippen LogP contribution in [0, 0.1) is 10.8 Å². The molecule has 0 spiro atoms. The van der Waals surface area contributed by atoms with Crippen molar-refractivity contribution in [2.24, 2.45) is 0 Å². The van der Waals surface area contributed by atoms with E-state index >= 15 is 0 Å². The molecule has 1 aliphatic heterocycles. The van der Waals surface area contributed by atoms with Crippen LogP contribution in [0.15, 0.2) is 42.5 Å². The number of hydrogen-bond donors (Lipinski definition) is 2. The lowest BCUT2D eigenvalue weighted by Crippen LogP contribution is -2.19. The molecular formula is C21H25N3. The lowest BCUT2D eigenvalue weighted by Gasteiger charge is -2.20. The molecule has 1 aliphatic rings. The monoisotopic (exact) mass is 319 g/mol. The van der Waals surface area contributed by atoms with E-state index in [4.69, 9.17) is 10.8 Å². The Morgan fingerprint density at radius 3 is 2.29 bits per heavy atom. The largest absolute Gasteiger partial charge is 0.367 e. The molecule has 2 aromatic carbocycles. The zero-order valence-electron chi connectivity index (χ0n) is 14.4. The number of nitrogens with one attached hydrogen (secondary N) is 2. The molecule has 0 fully saturated rings. The van der Waals surface area contributed by atoms with Gasteiger partial charge in [-0.1, -0.05) is 50.2 Å². The van der Waals surface area contributed by atoms with E-state index in [1.807, 2.05) is 0 Å². The molecule has 124 valence electrons. The highest BCUT2D eigenvalue weighted by Gasteiger charge is 2.20. The molecule has 3 nitrogen and oxygen atoms in total. The molecule has 2 N–H and O–H groups in total. The van der Waals surface area contributed by atoms with Gasteiger partial charge in [-0.2, -0.15) is 0 Å². The van der Waals surface area contributed by atoms with Gasteiger partial charge in [-0.15, -0.1) is 0 Å². The van der Waals surface area contributed by atoms with Crippen molar-refractivity contribution in [2.75, 3.05) is 11.4 Å². The minimum atomic E-state index is -0.201. The third kappa shape index (κ3) is 3.25. The zero-order valence-corrected chi connectivity index (χ0v) is 14.4. The number of nitrogens with zero attached hydrogens (tertiary/aromatic N) is 1. The van der Waals surface area contributed by atoms with E-state index in [-0.39, 0.29) is 5.92 Å². The quantitative estimate of drug-likeness (QED) is 0.741. The van der Waals surface area contributed by atoms with Gasteiger partial charge in [0.15, 0.2) is 0 Å². The second kappa shape index (κ2) is 7.00. The minimum Gasteiger partial charge on any atom is -0.367 e. The Morgan fingerprint density at radius 2 is 1.67 bits per heavy atom. The Morgan fingerprint density at radius 1 is 1.00 bits per heavy atom. The van der Waals surface area contributed by atoms with Crippen LogP contribution in [0.5, 0.6) is 0 Å². The zero-order chi connectivity index (χ0) is 17.1. The van der Waals surface area contributed by atoms with E-state index < -0.39 is 0 Å². The first-order valence-corrected chi connectivity index (χ1v) is 8.60. The highest BCUT2D eigenvalue weighted by atomic mass is 15.1. The predicted octanol–water partition coefficient (Wildman–Crippen LogP) is 4.76. The second-order valence-electron chi connectivity index (χ2n) is 6.82. The van der Waals surface area contributed by atoms with Gasteiger partial charge in [0.1, 0.15) is 0 Å². The summed E-state index contributed by atoms with van der Waals surface area (Å²) in [5.74, 6) is 0.369. The molecule has 3 rings (SSSR count). The summed E-state index contributed by atoms with van der Waals surface area (Å²) in [7, 11) is 0. The molecule has 0 aromatic heterocycles. The lowest BCUT2D eigenvalue weighted by molar-refractivity contribution is 0.830. The second-order valence-corrected chi connectivity index (χ2v) is 6.82. The molecule has 3 heteroatoms. The maximum absolute atomic E-state index is 7.44. The van der Waals surface area contributed by atoms with Gasteiger partial charge in [-0.3, -0.25) is 0 Å². The van der Waals surface area contributed by atoms with Gasteiger partial charge < -0.3 is 15.7 Å². The summed E-state index contributed by atoms with van der Waals surface area (Å²) >= 11 is 0. The summed E-state index contributed by atoms with van der Waals surface area (Å²) in [5.41, 5.74) is 6.39. The summed E-state index contributed by atoms with van der Waals surface area (Å²) in [4.78, 5) is 2.42. The van der Waals surface area contributed by atoms with Crippen molar-refractivity contribution in [3.05, 3.63) is 64.7 Å². The molecule has 0 atom stereocenters. The van der Waals surface area contributed by atoms with Gasteiger partial charge >= 0.3 is 0 Å². The molecule has 0 bridgehead atoms. The van der Waals surface area contributed by atoms with Gasteiger partial charge in [0.05, 0.1) is 5.92 Å². The van der Waals surface area contributed by atoms with Crippen LogP contribution in [0.3, 0.4) is 0 Å². The highest BCUT2D eigenvalue weighted by molar-refractivity contribution is 5.88. The van der Waals surface area contributed by atoms with Crippen molar-refractivity contribution in [3.63, 3.8) is 0 Å². The fraction of sp³-hybridized carbons (Fsp3) is 0.333. The molecule has 0 amide bonds. The van der Waals surface area contributed by atoms with E-state index in [2.05, 4.69) is 61.2 Å². The highest BCUT2D eigenvalue weighted by Crippen LogP contribution is 2.31. The van der Waals surface area contributed by atoms with Gasteiger partial charge in [0.25, 0.3) is 0 Å². The predicted molar refractivity (Wildman–Crippen MR) is 102 cm³/mol. The Kier molecular flexibility index (Phi) is 4.79. The molecule has 0 saturated carbocycles. The minimum absolute atomic E-state index is 0.201. The standard InChI is InChI=1S/C21H25N3/c1-15(2)17-5-3-16(4-6-17)14-24-10-9-19-11-18(7-8-21(19)24)20(12-22)13-23/h3-8,11-13,15,20,22-23H,9-10,14H2,1-2H3. The third-order valence-electron chi connectivity index (χ3n) is 4.86. The van der Waals surface area contributed by atoms with E-state index in [1.165, 1.54) is 34.8 Å². The van der Waals surface area contributed by atoms with Gasteiger partial charge in [-0.05, 0) is 40.7 Å². The fourth-order valence-electron chi connectivity index (χ4n) is 3.33. The Labute approximate surface area is 144 Å². The van der Waals surface area contributed by atoms with E-state index in [0.717, 1.165) is 25.1 Å². The number of benzene rings is 2. The average molecular weight is 319 g/mol. The SMILES string of the molecule is CC(C)c1ccc(CN2CCc3cc(C(C=N)C=N)ccc32)cc1. The number of fused-ring (bicyclic) bond motifs is 1. The van der Waals surface area contributed by atoms with Crippen LogP contribution in [-0.2, 0) is 13.0 Å². The van der Waals surface area contributed by atoms with Crippen molar-refractivity contribution in [1.29, 1.82) is 10.8 Å². The topological polar surface area (TPSA) is 50.9 Å². The van der Waals surface area contributed by atoms with Crippen molar-refractivity contribution in [2.45, 2.75) is 38.6 Å². The molecule has 0 unspecified atom stereocenters. The van der Waals surface area contributed by atoms with Crippen LogP contribution in [0.4, 0.5) is 5.69 Å². The molecule has 0 radical (unpaired) electrons. The summed E-state index contributed by atoms with van der Waals surface area (Å²) in [6.07, 6.45) is 3.70. The van der Waals surface area contributed by atoms with Crippen LogP contribution < -0.4 is 4.90 Å². The molecule has 1 heterocycles. The van der Waals surface area contributed by atoms with Crippen LogP contribution in [0.1, 0.15) is 47.9 Å². The van der Waals surface area contributed by atoms with Crippen molar-refractivity contribution in [3.8, 4) is 0 Å². The molecule has 0 saturated heterocycles. The number of rotatable bonds is 6. The first-order chi connectivity index (χ1) is 11.6. The normalized spacial score (nSPS) is 14.5. The van der Waals surface area contributed by atoms with Gasteiger partial charge in [0, 0.05) is 31.2 Å². The van der Waals surface area contributed by atoms with Gasteiger partial charge in [0.2, 0.25) is 0 Å². The Bertz CT molecular complexity index is 723. The summed E-state index contributed by atoms with van der Waals surface area (Å²) in [6, 6.07) is 15.3. The molecule has 24 heavy (non-hydrogen) atoms. The van der Waals surface area contributed by atoms with Crippen molar-refractivity contribution in [1.82, 2.24) is 0 Å². The Balaban J connectivity index is 1.77. The summed E-state index contributed by atoms with van der Waals surface area (Å²) < 4.78 is 0. The fourth-order valence-corrected chi connectivity index (χ4v) is 3.33. The van der Waals surface area contributed by atoms with Crippen LogP contribution in [0.25, 0.3) is 0 Å². The Hall–Kier alpha value is -2.42. The maximum Gasteiger partial charge on any atom is 0.0532 e. The number of anilines is 1. The van der Waals surface area contributed by atoms with Crippen molar-refractivity contribution < 1.29 is 0 Å². The number of hydrogen-bond acceptors (Lipinski definition) is 3. The van der Waals surface area contributed by atoms with E-state index in [9.17, 15) is 0 Å². The maximum atomic E-state index is 7.44. The molecular weight excluding hydrogens is 294 g/mol. The third-order valence-corrected chi connectivity index (χ3v) is 4.86. The van der Waals surface area contributed by atoms with Gasteiger partial charge in [-0.25, -0.2) is 0 Å².